The van der Waals surface area contributed by atoms with E-state index in [1.165, 1.54) is 37.3 Å². The van der Waals surface area contributed by atoms with Gasteiger partial charge in [-0.15, -0.1) is 11.3 Å². The first-order valence-electron chi connectivity index (χ1n) is 9.93. The van der Waals surface area contributed by atoms with Gasteiger partial charge in [0.25, 0.3) is 0 Å². The first-order chi connectivity index (χ1) is 13.8. The molecule has 1 saturated heterocycles. The number of aromatic nitrogens is 1. The lowest BCUT2D eigenvalue weighted by Crippen LogP contribution is -2.25. The Morgan fingerprint density at radius 3 is 2.46 bits per heavy atom. The van der Waals surface area contributed by atoms with Gasteiger partial charge in [-0.05, 0) is 70.0 Å². The number of aryl methyl sites for hydroxylation is 1. The van der Waals surface area contributed by atoms with Crippen molar-refractivity contribution in [1.82, 2.24) is 9.88 Å². The maximum absolute atomic E-state index is 11.8. The fraction of sp³-hybridized carbons (Fsp3) is 0.524. The molecule has 0 saturated carbocycles. The number of hydrogen-bond donors (Lipinski definition) is 0. The molecule has 3 rings (SSSR count). The van der Waals surface area contributed by atoms with E-state index in [1.54, 1.807) is 12.4 Å². The van der Waals surface area contributed by atoms with Gasteiger partial charge >= 0.3 is 5.97 Å². The summed E-state index contributed by atoms with van der Waals surface area (Å²) in [6.45, 7) is 6.83. The minimum absolute atomic E-state index is 0.347. The smallest absolute Gasteiger partial charge is 0.358 e. The summed E-state index contributed by atoms with van der Waals surface area (Å²) in [5, 5.41) is 0. The zero-order valence-corrected chi connectivity index (χ0v) is 17.2. The average molecular weight is 405 g/mol. The molecule has 2 heterocycles. The highest BCUT2D eigenvalue weighted by atomic mass is 32.1. The zero-order chi connectivity index (χ0) is 19.6. The number of benzene rings is 1. The van der Waals surface area contributed by atoms with Crippen molar-refractivity contribution < 1.29 is 19.0 Å². The Hall–Kier alpha value is -2.12. The molecule has 1 aromatic carbocycles. The largest absolute Gasteiger partial charge is 0.494 e. The Kier molecular flexibility index (Phi) is 8.11. The van der Waals surface area contributed by atoms with E-state index in [9.17, 15) is 4.79 Å². The second kappa shape index (κ2) is 11.0. The molecule has 0 unspecified atom stereocenters. The van der Waals surface area contributed by atoms with Gasteiger partial charge in [0.1, 0.15) is 18.1 Å². The normalized spacial score (nSPS) is 14.2. The number of esters is 1. The molecule has 0 atom stereocenters. The zero-order valence-electron chi connectivity index (χ0n) is 16.4. The lowest BCUT2D eigenvalue weighted by Gasteiger charge is -2.15. The van der Waals surface area contributed by atoms with Gasteiger partial charge < -0.3 is 14.2 Å². The number of nitrogens with zero attached hydrogens (tertiary/aromatic N) is 2. The van der Waals surface area contributed by atoms with Gasteiger partial charge in [0.2, 0.25) is 0 Å². The van der Waals surface area contributed by atoms with E-state index in [0.29, 0.717) is 18.9 Å². The standard InChI is InChI=1S/C21H28N2O4S/c1-2-25-21(24)20-19(28-16-22-20)6-5-14-26-17-7-9-18(10-8-17)27-15-13-23-11-3-4-12-23/h7-10,16H,2-6,11-15H2,1H3. The molecule has 0 amide bonds. The predicted octanol–water partition coefficient (Wildman–Crippen LogP) is 3.81. The summed E-state index contributed by atoms with van der Waals surface area (Å²) in [5.41, 5.74) is 2.12. The minimum Gasteiger partial charge on any atom is -0.494 e. The second-order valence-electron chi connectivity index (χ2n) is 6.67. The Morgan fingerprint density at radius 2 is 1.79 bits per heavy atom. The highest BCUT2D eigenvalue weighted by Gasteiger charge is 2.15. The molecule has 1 aliphatic rings. The summed E-state index contributed by atoms with van der Waals surface area (Å²) in [4.78, 5) is 19.3. The van der Waals surface area contributed by atoms with Gasteiger partial charge in [0, 0.05) is 11.4 Å². The molecule has 6 nitrogen and oxygen atoms in total. The van der Waals surface area contributed by atoms with Gasteiger partial charge in [0.15, 0.2) is 5.69 Å². The first-order valence-corrected chi connectivity index (χ1v) is 10.8. The minimum atomic E-state index is -0.347. The predicted molar refractivity (Wildman–Crippen MR) is 109 cm³/mol. The number of thiazole rings is 1. The van der Waals surface area contributed by atoms with Gasteiger partial charge in [-0.2, -0.15) is 0 Å². The highest BCUT2D eigenvalue weighted by Crippen LogP contribution is 2.20. The van der Waals surface area contributed by atoms with Crippen LogP contribution in [0.25, 0.3) is 0 Å². The van der Waals surface area contributed by atoms with Crippen molar-refractivity contribution in [3.63, 3.8) is 0 Å². The van der Waals surface area contributed by atoms with Crippen molar-refractivity contribution >= 4 is 17.3 Å². The SMILES string of the molecule is CCOC(=O)c1ncsc1CCCOc1ccc(OCCN2CCCC2)cc1. The molecule has 7 heteroatoms. The number of hydrogen-bond acceptors (Lipinski definition) is 7. The molecule has 0 spiro atoms. The van der Waals surface area contributed by atoms with Crippen molar-refractivity contribution in [2.24, 2.45) is 0 Å². The fourth-order valence-corrected chi connectivity index (χ4v) is 3.96. The molecular weight excluding hydrogens is 376 g/mol. The number of likely N-dealkylation sites (tertiary alicyclic amines) is 1. The van der Waals surface area contributed by atoms with Crippen LogP contribution in [0, 0.1) is 0 Å². The van der Waals surface area contributed by atoms with Crippen LogP contribution >= 0.6 is 11.3 Å². The van der Waals surface area contributed by atoms with Gasteiger partial charge in [-0.25, -0.2) is 9.78 Å². The molecule has 0 N–H and O–H groups in total. The molecule has 28 heavy (non-hydrogen) atoms. The molecule has 152 valence electrons. The third-order valence-electron chi connectivity index (χ3n) is 4.63. The Balaban J connectivity index is 1.35. The van der Waals surface area contributed by atoms with Crippen LogP contribution in [0.2, 0.25) is 0 Å². The second-order valence-corrected chi connectivity index (χ2v) is 7.60. The average Bonchev–Trinajstić information content (AvgIpc) is 3.38. The summed E-state index contributed by atoms with van der Waals surface area (Å²) >= 11 is 1.48. The molecule has 0 radical (unpaired) electrons. The molecule has 2 aromatic rings. The molecule has 1 aromatic heterocycles. The Labute approximate surface area is 170 Å². The van der Waals surface area contributed by atoms with Crippen LogP contribution in [0.4, 0.5) is 0 Å². The van der Waals surface area contributed by atoms with E-state index in [0.717, 1.165) is 42.4 Å². The number of rotatable bonds is 11. The van der Waals surface area contributed by atoms with Gasteiger partial charge in [-0.1, -0.05) is 0 Å². The van der Waals surface area contributed by atoms with Crippen molar-refractivity contribution in [2.45, 2.75) is 32.6 Å². The highest BCUT2D eigenvalue weighted by molar-refractivity contribution is 7.09. The van der Waals surface area contributed by atoms with Crippen LogP contribution in [-0.2, 0) is 11.2 Å². The van der Waals surface area contributed by atoms with E-state index in [2.05, 4.69) is 9.88 Å². The van der Waals surface area contributed by atoms with E-state index in [4.69, 9.17) is 14.2 Å². The fourth-order valence-electron chi connectivity index (χ4n) is 3.17. The van der Waals surface area contributed by atoms with Crippen molar-refractivity contribution in [2.75, 3.05) is 39.5 Å². The number of carbonyl (C=O) groups is 1. The third-order valence-corrected chi connectivity index (χ3v) is 5.52. The summed E-state index contributed by atoms with van der Waals surface area (Å²) in [6.07, 6.45) is 4.16. The summed E-state index contributed by atoms with van der Waals surface area (Å²) in [7, 11) is 0. The topological polar surface area (TPSA) is 60.9 Å². The number of ether oxygens (including phenoxy) is 3. The lowest BCUT2D eigenvalue weighted by atomic mass is 10.2. The van der Waals surface area contributed by atoms with E-state index in [-0.39, 0.29) is 5.97 Å². The molecule has 0 aliphatic carbocycles. The third kappa shape index (κ3) is 6.21. The van der Waals surface area contributed by atoms with E-state index >= 15 is 0 Å². The summed E-state index contributed by atoms with van der Waals surface area (Å²) < 4.78 is 16.6. The van der Waals surface area contributed by atoms with Crippen molar-refractivity contribution in [1.29, 1.82) is 0 Å². The maximum atomic E-state index is 11.8. The van der Waals surface area contributed by atoms with E-state index in [1.807, 2.05) is 24.3 Å². The van der Waals surface area contributed by atoms with Crippen LogP contribution in [0.5, 0.6) is 11.5 Å². The van der Waals surface area contributed by atoms with Gasteiger partial charge in [-0.3, -0.25) is 4.90 Å². The van der Waals surface area contributed by atoms with Crippen LogP contribution in [0.1, 0.15) is 41.6 Å². The monoisotopic (exact) mass is 404 g/mol. The lowest BCUT2D eigenvalue weighted by molar-refractivity contribution is 0.0519. The van der Waals surface area contributed by atoms with Gasteiger partial charge in [0.05, 0.1) is 18.7 Å². The van der Waals surface area contributed by atoms with Crippen LogP contribution in [0.3, 0.4) is 0 Å². The first kappa shape index (κ1) is 20.6. The Morgan fingerprint density at radius 1 is 1.11 bits per heavy atom. The Bertz CT molecular complexity index is 726. The van der Waals surface area contributed by atoms with Crippen LogP contribution in [-0.4, -0.2) is 55.3 Å². The number of carbonyl (C=O) groups excluding carboxylic acids is 1. The maximum Gasteiger partial charge on any atom is 0.358 e. The molecule has 0 bridgehead atoms. The molecular formula is C21H28N2O4S. The van der Waals surface area contributed by atoms with Crippen LogP contribution in [0.15, 0.2) is 29.8 Å². The molecule has 1 aliphatic heterocycles. The molecule has 1 fully saturated rings. The van der Waals surface area contributed by atoms with Crippen LogP contribution < -0.4 is 9.47 Å². The van der Waals surface area contributed by atoms with Crippen molar-refractivity contribution in [3.05, 3.63) is 40.3 Å². The summed E-state index contributed by atoms with van der Waals surface area (Å²) in [6, 6.07) is 7.76. The van der Waals surface area contributed by atoms with Crippen molar-refractivity contribution in [3.8, 4) is 11.5 Å². The van der Waals surface area contributed by atoms with E-state index < -0.39 is 0 Å². The quantitative estimate of drug-likeness (QED) is 0.419. The summed E-state index contributed by atoms with van der Waals surface area (Å²) in [5.74, 6) is 1.34.